The molecule has 0 aliphatic carbocycles. The van der Waals surface area contributed by atoms with E-state index in [1.165, 1.54) is 19.8 Å². The minimum absolute atomic E-state index is 0.318. The van der Waals surface area contributed by atoms with Crippen LogP contribution in [0.25, 0.3) is 0 Å². The summed E-state index contributed by atoms with van der Waals surface area (Å²) in [7, 11) is 0. The largest absolute Gasteiger partial charge is 0.339 e. The van der Waals surface area contributed by atoms with Crippen LogP contribution in [0.1, 0.15) is 67.2 Å². The smallest absolute Gasteiger partial charge is 0.300 e. The van der Waals surface area contributed by atoms with Crippen molar-refractivity contribution in [2.45, 2.75) is 72.8 Å². The molecule has 0 fully saturated rings. The first kappa shape index (κ1) is 18.5. The highest BCUT2D eigenvalue weighted by Gasteiger charge is 2.12. The summed E-state index contributed by atoms with van der Waals surface area (Å²) in [5, 5.41) is 0. The summed E-state index contributed by atoms with van der Waals surface area (Å²) in [4.78, 5) is 29.4. The average Bonchev–Trinajstić information content (AvgIpc) is 2.15. The lowest BCUT2D eigenvalue weighted by Gasteiger charge is -2.15. The zero-order valence-electron chi connectivity index (χ0n) is 12.0. The van der Waals surface area contributed by atoms with Crippen LogP contribution in [-0.2, 0) is 19.4 Å². The van der Waals surface area contributed by atoms with Crippen molar-refractivity contribution >= 4 is 11.8 Å². The number of hydrogen-bond acceptors (Lipinski definition) is 4. The summed E-state index contributed by atoms with van der Waals surface area (Å²) in [5.41, 5.74) is -0.411. The van der Waals surface area contributed by atoms with Gasteiger partial charge in [0.25, 0.3) is 0 Å². The Morgan fingerprint density at radius 3 is 1.82 bits per heavy atom. The Hall–Kier alpha value is -0.900. The van der Waals surface area contributed by atoms with Gasteiger partial charge in [-0.2, -0.15) is 4.89 Å². The molecule has 0 aromatic heterocycles. The zero-order valence-corrected chi connectivity index (χ0v) is 12.0. The molecule has 0 aromatic rings. The molecule has 0 spiro atoms. The Labute approximate surface area is 105 Å². The molecule has 0 unspecified atom stereocenters. The molecule has 102 valence electrons. The minimum Gasteiger partial charge on any atom is -0.300 e. The van der Waals surface area contributed by atoms with E-state index in [0.717, 1.165) is 12.8 Å². The van der Waals surface area contributed by atoms with E-state index in [2.05, 4.69) is 16.7 Å². The summed E-state index contributed by atoms with van der Waals surface area (Å²) in [5.74, 6) is -0.108. The molecule has 0 saturated carbocycles. The highest BCUT2D eigenvalue weighted by molar-refractivity contribution is 5.75. The van der Waals surface area contributed by atoms with E-state index in [0.29, 0.717) is 5.78 Å². The van der Waals surface area contributed by atoms with Crippen LogP contribution in [0, 0.1) is 0 Å². The SMILES string of the molecule is CC(=O)OOC(C)(C)C.CCCCCC(C)=O. The molecule has 4 heteroatoms. The number of unbranched alkanes of at least 4 members (excludes halogenated alkanes) is 2. The van der Waals surface area contributed by atoms with Crippen LogP contribution in [-0.4, -0.2) is 17.4 Å². The van der Waals surface area contributed by atoms with E-state index < -0.39 is 11.6 Å². The lowest BCUT2D eigenvalue weighted by molar-refractivity contribution is -0.318. The minimum atomic E-state index is -0.426. The van der Waals surface area contributed by atoms with Gasteiger partial charge in [-0.25, -0.2) is 4.79 Å². The van der Waals surface area contributed by atoms with Gasteiger partial charge in [-0.3, -0.25) is 4.89 Å². The molecule has 0 aliphatic heterocycles. The van der Waals surface area contributed by atoms with Crippen molar-refractivity contribution in [3.8, 4) is 0 Å². The van der Waals surface area contributed by atoms with E-state index in [1.54, 1.807) is 27.7 Å². The maximum Gasteiger partial charge on any atom is 0.339 e. The normalized spacial score (nSPS) is 10.2. The maximum atomic E-state index is 10.3. The Morgan fingerprint density at radius 1 is 1.06 bits per heavy atom. The molecule has 0 bridgehead atoms. The van der Waals surface area contributed by atoms with Gasteiger partial charge in [-0.15, -0.1) is 0 Å². The van der Waals surface area contributed by atoms with Crippen molar-refractivity contribution in [1.82, 2.24) is 0 Å². The number of carbonyl (C=O) groups is 2. The van der Waals surface area contributed by atoms with Gasteiger partial charge in [0.1, 0.15) is 11.4 Å². The van der Waals surface area contributed by atoms with Crippen LogP contribution in [0.5, 0.6) is 0 Å². The predicted molar refractivity (Wildman–Crippen MR) is 67.4 cm³/mol. The standard InChI is InChI=1S/C7H14O.C6H12O3/c1-3-4-5-6-7(2)8;1-5(7)8-9-6(2,3)4/h3-6H2,1-2H3;1-4H3. The fraction of sp³-hybridized carbons (Fsp3) is 0.846. The molecule has 0 amide bonds. The van der Waals surface area contributed by atoms with Gasteiger partial charge in [0, 0.05) is 13.3 Å². The molecular formula is C13H26O4. The maximum absolute atomic E-state index is 10.3. The quantitative estimate of drug-likeness (QED) is 0.423. The van der Waals surface area contributed by atoms with Gasteiger partial charge in [0.05, 0.1) is 0 Å². The summed E-state index contributed by atoms with van der Waals surface area (Å²) >= 11 is 0. The van der Waals surface area contributed by atoms with Crippen molar-refractivity contribution in [3.63, 3.8) is 0 Å². The van der Waals surface area contributed by atoms with Crippen molar-refractivity contribution in [1.29, 1.82) is 0 Å². The first-order valence-corrected chi connectivity index (χ1v) is 6.04. The second-order valence-corrected chi connectivity index (χ2v) is 4.93. The van der Waals surface area contributed by atoms with Crippen LogP contribution in [0.2, 0.25) is 0 Å². The van der Waals surface area contributed by atoms with Crippen LogP contribution < -0.4 is 0 Å². The van der Waals surface area contributed by atoms with Gasteiger partial charge in [0.15, 0.2) is 0 Å². The number of ketones is 1. The third-order valence-corrected chi connectivity index (χ3v) is 1.54. The molecule has 17 heavy (non-hydrogen) atoms. The highest BCUT2D eigenvalue weighted by Crippen LogP contribution is 2.06. The van der Waals surface area contributed by atoms with Crippen LogP contribution in [0.4, 0.5) is 0 Å². The Kier molecular flexibility index (Phi) is 11.2. The zero-order chi connectivity index (χ0) is 13.9. The van der Waals surface area contributed by atoms with E-state index in [-0.39, 0.29) is 0 Å². The summed E-state index contributed by atoms with van der Waals surface area (Å²) in [6.45, 7) is 10.5. The molecular weight excluding hydrogens is 220 g/mol. The van der Waals surface area contributed by atoms with Crippen molar-refractivity contribution in [2.24, 2.45) is 0 Å². The fourth-order valence-corrected chi connectivity index (χ4v) is 0.808. The van der Waals surface area contributed by atoms with Crippen molar-refractivity contribution in [2.75, 3.05) is 0 Å². The molecule has 0 atom stereocenters. The summed E-state index contributed by atoms with van der Waals surface area (Å²) in [6, 6.07) is 0. The second kappa shape index (κ2) is 10.3. The van der Waals surface area contributed by atoms with E-state index >= 15 is 0 Å². The lowest BCUT2D eigenvalue weighted by Crippen LogP contribution is -2.20. The molecule has 0 aromatic carbocycles. The fourth-order valence-electron chi connectivity index (χ4n) is 0.808. The molecule has 0 radical (unpaired) electrons. The number of hydrogen-bond donors (Lipinski definition) is 0. The third kappa shape index (κ3) is 25.4. The van der Waals surface area contributed by atoms with Crippen LogP contribution in [0.15, 0.2) is 0 Å². The Morgan fingerprint density at radius 2 is 1.59 bits per heavy atom. The number of carbonyl (C=O) groups excluding carboxylic acids is 2. The van der Waals surface area contributed by atoms with Gasteiger partial charge in [-0.05, 0) is 34.1 Å². The van der Waals surface area contributed by atoms with E-state index in [4.69, 9.17) is 0 Å². The van der Waals surface area contributed by atoms with Crippen molar-refractivity contribution < 1.29 is 19.4 Å². The first-order chi connectivity index (χ1) is 7.69. The average molecular weight is 246 g/mol. The molecule has 0 N–H and O–H groups in total. The van der Waals surface area contributed by atoms with Gasteiger partial charge < -0.3 is 4.79 Å². The second-order valence-electron chi connectivity index (χ2n) is 4.93. The molecule has 0 rings (SSSR count). The Balaban J connectivity index is 0. The van der Waals surface area contributed by atoms with Crippen LogP contribution in [0.3, 0.4) is 0 Å². The Bertz CT molecular complexity index is 216. The van der Waals surface area contributed by atoms with E-state index in [1.807, 2.05) is 0 Å². The monoisotopic (exact) mass is 246 g/mol. The summed E-state index contributed by atoms with van der Waals surface area (Å²) < 4.78 is 0. The first-order valence-electron chi connectivity index (χ1n) is 6.04. The van der Waals surface area contributed by atoms with E-state index in [9.17, 15) is 9.59 Å². The molecule has 4 nitrogen and oxygen atoms in total. The van der Waals surface area contributed by atoms with Gasteiger partial charge in [-0.1, -0.05) is 19.8 Å². The highest BCUT2D eigenvalue weighted by atomic mass is 17.2. The third-order valence-electron chi connectivity index (χ3n) is 1.54. The van der Waals surface area contributed by atoms with Gasteiger partial charge >= 0.3 is 5.97 Å². The lowest BCUT2D eigenvalue weighted by atomic mass is 10.2. The molecule has 0 saturated heterocycles. The predicted octanol–water partition coefficient (Wildman–Crippen LogP) is 3.44. The molecule has 0 heterocycles. The topological polar surface area (TPSA) is 52.6 Å². The number of Topliss-reactive ketones (excluding diaryl/α,β-unsaturated/α-hetero) is 1. The van der Waals surface area contributed by atoms with Crippen LogP contribution >= 0.6 is 0 Å². The molecule has 0 aliphatic rings. The summed E-state index contributed by atoms with van der Waals surface area (Å²) in [6.07, 6.45) is 4.24. The van der Waals surface area contributed by atoms with Gasteiger partial charge in [0.2, 0.25) is 0 Å². The van der Waals surface area contributed by atoms with Crippen molar-refractivity contribution in [3.05, 3.63) is 0 Å². The number of rotatable bonds is 5.